The SMILES string of the molecule is CCC(C)NC(=O)c1ccc(S(=O)(=O)NCc2ccc(Cl)cc2)cc1. The minimum absolute atomic E-state index is 0.0666. The molecule has 0 radical (unpaired) electrons. The highest BCUT2D eigenvalue weighted by molar-refractivity contribution is 7.89. The van der Waals surface area contributed by atoms with E-state index in [1.807, 2.05) is 13.8 Å². The van der Waals surface area contributed by atoms with Crippen LogP contribution in [-0.2, 0) is 16.6 Å². The third kappa shape index (κ3) is 5.56. The first-order chi connectivity index (χ1) is 11.8. The Morgan fingerprint density at radius 3 is 2.24 bits per heavy atom. The van der Waals surface area contributed by atoms with Gasteiger partial charge in [0.15, 0.2) is 0 Å². The molecule has 0 bridgehead atoms. The van der Waals surface area contributed by atoms with Gasteiger partial charge in [-0.1, -0.05) is 30.7 Å². The molecule has 0 aliphatic heterocycles. The Bertz CT molecular complexity index is 818. The predicted molar refractivity (Wildman–Crippen MR) is 99.1 cm³/mol. The van der Waals surface area contributed by atoms with Crippen molar-refractivity contribution in [1.82, 2.24) is 10.0 Å². The zero-order valence-corrected chi connectivity index (χ0v) is 15.7. The van der Waals surface area contributed by atoms with Crippen LogP contribution in [0.4, 0.5) is 0 Å². The van der Waals surface area contributed by atoms with Gasteiger partial charge in [0.25, 0.3) is 5.91 Å². The van der Waals surface area contributed by atoms with E-state index in [-0.39, 0.29) is 23.4 Å². The Morgan fingerprint density at radius 1 is 1.08 bits per heavy atom. The van der Waals surface area contributed by atoms with Crippen molar-refractivity contribution in [3.05, 3.63) is 64.7 Å². The van der Waals surface area contributed by atoms with Crippen molar-refractivity contribution in [2.45, 2.75) is 37.8 Å². The lowest BCUT2D eigenvalue weighted by Gasteiger charge is -2.12. The fourth-order valence-electron chi connectivity index (χ4n) is 2.06. The topological polar surface area (TPSA) is 75.3 Å². The lowest BCUT2D eigenvalue weighted by molar-refractivity contribution is 0.0939. The monoisotopic (exact) mass is 380 g/mol. The van der Waals surface area contributed by atoms with Crippen LogP contribution >= 0.6 is 11.6 Å². The van der Waals surface area contributed by atoms with Crippen molar-refractivity contribution in [3.8, 4) is 0 Å². The van der Waals surface area contributed by atoms with E-state index in [1.165, 1.54) is 24.3 Å². The van der Waals surface area contributed by atoms with Gasteiger partial charge >= 0.3 is 0 Å². The molecule has 5 nitrogen and oxygen atoms in total. The molecule has 0 saturated heterocycles. The number of sulfonamides is 1. The zero-order valence-electron chi connectivity index (χ0n) is 14.1. The fraction of sp³-hybridized carbons (Fsp3) is 0.278. The third-order valence-electron chi connectivity index (χ3n) is 3.80. The van der Waals surface area contributed by atoms with Gasteiger partial charge in [-0.2, -0.15) is 0 Å². The quantitative estimate of drug-likeness (QED) is 0.773. The highest BCUT2D eigenvalue weighted by Gasteiger charge is 2.15. The summed E-state index contributed by atoms with van der Waals surface area (Å²) in [5.41, 5.74) is 1.23. The summed E-state index contributed by atoms with van der Waals surface area (Å²) in [5.74, 6) is -0.215. The van der Waals surface area contributed by atoms with Crippen molar-refractivity contribution in [3.63, 3.8) is 0 Å². The number of rotatable bonds is 7. The second kappa shape index (κ2) is 8.47. The van der Waals surface area contributed by atoms with Crippen LogP contribution in [-0.4, -0.2) is 20.4 Å². The molecule has 1 unspecified atom stereocenters. The Labute approximate surface area is 153 Å². The molecule has 0 heterocycles. The maximum absolute atomic E-state index is 12.3. The maximum Gasteiger partial charge on any atom is 0.251 e. The summed E-state index contributed by atoms with van der Waals surface area (Å²) in [6, 6.07) is 12.9. The number of nitrogens with one attached hydrogen (secondary N) is 2. The molecule has 2 rings (SSSR count). The molecule has 0 aliphatic rings. The molecular formula is C18H21ClN2O3S. The smallest absolute Gasteiger partial charge is 0.251 e. The second-order valence-electron chi connectivity index (χ2n) is 5.76. The van der Waals surface area contributed by atoms with Gasteiger partial charge in [-0.15, -0.1) is 0 Å². The fourth-order valence-corrected chi connectivity index (χ4v) is 3.20. The minimum Gasteiger partial charge on any atom is -0.350 e. The van der Waals surface area contributed by atoms with Gasteiger partial charge in [0, 0.05) is 23.2 Å². The van der Waals surface area contributed by atoms with Crippen molar-refractivity contribution < 1.29 is 13.2 Å². The molecule has 0 spiro atoms. The van der Waals surface area contributed by atoms with Crippen LogP contribution in [0.3, 0.4) is 0 Å². The molecule has 2 aromatic carbocycles. The third-order valence-corrected chi connectivity index (χ3v) is 5.47. The first-order valence-corrected chi connectivity index (χ1v) is 9.83. The van der Waals surface area contributed by atoms with Crippen molar-refractivity contribution in [2.24, 2.45) is 0 Å². The normalized spacial score (nSPS) is 12.6. The molecule has 25 heavy (non-hydrogen) atoms. The standard InChI is InChI=1S/C18H21ClN2O3S/c1-3-13(2)21-18(22)15-6-10-17(11-7-15)25(23,24)20-12-14-4-8-16(19)9-5-14/h4-11,13,20H,3,12H2,1-2H3,(H,21,22). The van der Waals surface area contributed by atoms with E-state index in [9.17, 15) is 13.2 Å². The van der Waals surface area contributed by atoms with Crippen LogP contribution < -0.4 is 10.0 Å². The van der Waals surface area contributed by atoms with Crippen LogP contribution in [0.15, 0.2) is 53.4 Å². The van der Waals surface area contributed by atoms with E-state index in [4.69, 9.17) is 11.6 Å². The summed E-state index contributed by atoms with van der Waals surface area (Å²) >= 11 is 5.81. The maximum atomic E-state index is 12.3. The number of hydrogen-bond acceptors (Lipinski definition) is 3. The molecule has 7 heteroatoms. The van der Waals surface area contributed by atoms with Gasteiger partial charge in [-0.25, -0.2) is 13.1 Å². The van der Waals surface area contributed by atoms with E-state index in [0.717, 1.165) is 12.0 Å². The number of carbonyl (C=O) groups is 1. The van der Waals surface area contributed by atoms with E-state index in [1.54, 1.807) is 24.3 Å². The van der Waals surface area contributed by atoms with Crippen molar-refractivity contribution >= 4 is 27.5 Å². The Morgan fingerprint density at radius 2 is 1.68 bits per heavy atom. The Balaban J connectivity index is 2.04. The number of carbonyl (C=O) groups excluding carboxylic acids is 1. The summed E-state index contributed by atoms with van der Waals surface area (Å²) in [4.78, 5) is 12.1. The molecule has 0 fully saturated rings. The van der Waals surface area contributed by atoms with Crippen LogP contribution in [0.25, 0.3) is 0 Å². The summed E-state index contributed by atoms with van der Waals surface area (Å²) in [6.45, 7) is 4.06. The first kappa shape index (κ1) is 19.4. The average Bonchev–Trinajstić information content (AvgIpc) is 2.61. The molecule has 1 atom stereocenters. The Kier molecular flexibility index (Phi) is 6.58. The summed E-state index contributed by atoms with van der Waals surface area (Å²) in [5, 5.41) is 3.44. The van der Waals surface area contributed by atoms with Gasteiger partial charge in [0.05, 0.1) is 4.90 Å². The number of halogens is 1. The highest BCUT2D eigenvalue weighted by Crippen LogP contribution is 2.13. The van der Waals surface area contributed by atoms with Crippen LogP contribution in [0.5, 0.6) is 0 Å². The molecule has 2 N–H and O–H groups in total. The average molecular weight is 381 g/mol. The van der Waals surface area contributed by atoms with E-state index >= 15 is 0 Å². The summed E-state index contributed by atoms with van der Waals surface area (Å²) in [7, 11) is -3.65. The summed E-state index contributed by atoms with van der Waals surface area (Å²) in [6.07, 6.45) is 0.826. The van der Waals surface area contributed by atoms with Crippen molar-refractivity contribution in [2.75, 3.05) is 0 Å². The number of amides is 1. The molecule has 0 saturated carbocycles. The van der Waals surface area contributed by atoms with Crippen LogP contribution in [0.2, 0.25) is 5.02 Å². The van der Waals surface area contributed by atoms with Gasteiger partial charge in [-0.05, 0) is 55.3 Å². The molecule has 0 aliphatic carbocycles. The highest BCUT2D eigenvalue weighted by atomic mass is 35.5. The number of benzene rings is 2. The lowest BCUT2D eigenvalue weighted by atomic mass is 10.2. The first-order valence-electron chi connectivity index (χ1n) is 7.97. The van der Waals surface area contributed by atoms with Crippen molar-refractivity contribution in [1.29, 1.82) is 0 Å². The largest absolute Gasteiger partial charge is 0.350 e. The molecular weight excluding hydrogens is 360 g/mol. The van der Waals surface area contributed by atoms with Gasteiger partial charge in [-0.3, -0.25) is 4.79 Å². The summed E-state index contributed by atoms with van der Waals surface area (Å²) < 4.78 is 27.2. The number of hydrogen-bond donors (Lipinski definition) is 2. The van der Waals surface area contributed by atoms with Gasteiger partial charge in [0.1, 0.15) is 0 Å². The van der Waals surface area contributed by atoms with Crippen LogP contribution in [0, 0.1) is 0 Å². The minimum atomic E-state index is -3.65. The second-order valence-corrected chi connectivity index (χ2v) is 7.96. The van der Waals surface area contributed by atoms with Gasteiger partial charge in [0.2, 0.25) is 10.0 Å². The van der Waals surface area contributed by atoms with E-state index in [2.05, 4.69) is 10.0 Å². The molecule has 1 amide bonds. The Hall–Kier alpha value is -1.89. The molecule has 134 valence electrons. The van der Waals surface area contributed by atoms with Gasteiger partial charge < -0.3 is 5.32 Å². The lowest BCUT2D eigenvalue weighted by Crippen LogP contribution is -2.32. The predicted octanol–water partition coefficient (Wildman–Crippen LogP) is 3.35. The van der Waals surface area contributed by atoms with E-state index in [0.29, 0.717) is 10.6 Å². The molecule has 0 aromatic heterocycles. The van der Waals surface area contributed by atoms with E-state index < -0.39 is 10.0 Å². The molecule has 2 aromatic rings. The zero-order chi connectivity index (χ0) is 18.4. The van der Waals surface area contributed by atoms with Crippen LogP contribution in [0.1, 0.15) is 36.2 Å².